The summed E-state index contributed by atoms with van der Waals surface area (Å²) in [5.41, 5.74) is 2.67. The minimum absolute atomic E-state index is 0. The third kappa shape index (κ3) is 3.52. The van der Waals surface area contributed by atoms with E-state index in [0.29, 0.717) is 37.2 Å². The van der Waals surface area contributed by atoms with Crippen LogP contribution in [0.3, 0.4) is 0 Å². The summed E-state index contributed by atoms with van der Waals surface area (Å²) in [6, 6.07) is 7.92. The van der Waals surface area contributed by atoms with Crippen molar-refractivity contribution in [3.63, 3.8) is 0 Å². The van der Waals surface area contributed by atoms with E-state index in [1.807, 2.05) is 24.3 Å². The number of hydrogen-bond acceptors (Lipinski definition) is 10. The zero-order chi connectivity index (χ0) is 32.0. The zero-order valence-corrected chi connectivity index (χ0v) is 27.6. The normalized spacial score (nSPS) is 39.9. The van der Waals surface area contributed by atoms with Crippen LogP contribution in [0.15, 0.2) is 24.3 Å². The van der Waals surface area contributed by atoms with E-state index < -0.39 is 34.2 Å². The molecular weight excluding hydrogens is 624 g/mol. The van der Waals surface area contributed by atoms with Gasteiger partial charge in [-0.25, -0.2) is 0 Å². The van der Waals surface area contributed by atoms with Crippen molar-refractivity contribution in [3.8, 4) is 11.5 Å². The standard InChI is InChI=1S/2C18H21NO4.ClH/c2*1-19-7-6-17-14-10-2-3-11(9-20)15(14)23-16(17)12(21)4-5-18(17,22)13(19)8-10;/h2*2-3,13,16,20,22H,4-9H2,1H3;1H/t2*13?,16?,17?,18-;/m11./s1. The maximum absolute atomic E-state index is 12.6. The van der Waals surface area contributed by atoms with Gasteiger partial charge in [0.1, 0.15) is 11.5 Å². The molecule has 2 spiro atoms. The fraction of sp³-hybridized carbons (Fsp3) is 0.611. The number of rotatable bonds is 2. The molecule has 2 aromatic rings. The van der Waals surface area contributed by atoms with Gasteiger partial charge in [-0.2, -0.15) is 0 Å². The lowest BCUT2D eigenvalue weighted by atomic mass is 9.49. The number of halogens is 1. The molecule has 2 aromatic carbocycles. The predicted octanol–water partition coefficient (Wildman–Crippen LogP) is 1.49. The quantitative estimate of drug-likeness (QED) is 0.373. The molecule has 10 rings (SSSR count). The monoisotopic (exact) mass is 666 g/mol. The predicted molar refractivity (Wildman–Crippen MR) is 172 cm³/mol. The van der Waals surface area contributed by atoms with E-state index in [2.05, 4.69) is 23.9 Å². The number of carbonyl (C=O) groups excluding carboxylic acids is 2. The number of ether oxygens (including phenoxy) is 2. The lowest BCUT2D eigenvalue weighted by molar-refractivity contribution is -0.185. The first-order valence-electron chi connectivity index (χ1n) is 16.8. The molecule has 4 N–H and O–H groups in total. The molecule has 4 fully saturated rings. The van der Waals surface area contributed by atoms with E-state index in [4.69, 9.17) is 9.47 Å². The number of nitrogens with zero attached hydrogens (tertiary/aromatic N) is 2. The van der Waals surface area contributed by atoms with Crippen LogP contribution in [0.4, 0.5) is 0 Å². The number of hydrogen-bond donors (Lipinski definition) is 4. The summed E-state index contributed by atoms with van der Waals surface area (Å²) in [6.45, 7) is 1.48. The smallest absolute Gasteiger partial charge is 0.174 e. The molecule has 2 saturated carbocycles. The van der Waals surface area contributed by atoms with E-state index in [0.717, 1.165) is 72.2 Å². The molecule has 10 nitrogen and oxygen atoms in total. The molecule has 0 radical (unpaired) electrons. The third-order valence-corrected chi connectivity index (χ3v) is 13.6. The minimum Gasteiger partial charge on any atom is -0.481 e. The molecule has 0 aromatic heterocycles. The summed E-state index contributed by atoms with van der Waals surface area (Å²) in [5.74, 6) is 1.50. The van der Waals surface area contributed by atoms with Gasteiger partial charge in [-0.05, 0) is 76.8 Å². The molecule has 0 amide bonds. The van der Waals surface area contributed by atoms with Gasteiger partial charge in [0.05, 0.1) is 35.2 Å². The number of aliphatic hydroxyl groups excluding tert-OH is 2. The van der Waals surface area contributed by atoms with Crippen molar-refractivity contribution in [1.29, 1.82) is 0 Å². The largest absolute Gasteiger partial charge is 0.481 e. The van der Waals surface area contributed by atoms with Crippen LogP contribution in [0.1, 0.15) is 71.9 Å². The molecular formula is C36H43ClN2O8. The molecule has 4 bridgehead atoms. The maximum Gasteiger partial charge on any atom is 0.174 e. The number of likely N-dealkylation sites (N-methyl/N-ethyl adjacent to an activating group) is 2. The number of piperidine rings is 2. The summed E-state index contributed by atoms with van der Waals surface area (Å²) < 4.78 is 12.3. The first-order chi connectivity index (χ1) is 22.1. The lowest BCUT2D eigenvalue weighted by Gasteiger charge is -2.62. The van der Waals surface area contributed by atoms with Gasteiger partial charge in [0.15, 0.2) is 23.8 Å². The van der Waals surface area contributed by atoms with Gasteiger partial charge in [0, 0.05) is 47.2 Å². The molecule has 4 aliphatic carbocycles. The summed E-state index contributed by atoms with van der Waals surface area (Å²) in [6.07, 6.45) is 3.53. The van der Waals surface area contributed by atoms with Gasteiger partial charge in [-0.3, -0.25) is 9.59 Å². The molecule has 4 heterocycles. The first-order valence-corrected chi connectivity index (χ1v) is 16.8. The Morgan fingerprint density at radius 3 is 1.49 bits per heavy atom. The first kappa shape index (κ1) is 31.7. The van der Waals surface area contributed by atoms with E-state index in [9.17, 15) is 30.0 Å². The fourth-order valence-electron chi connectivity index (χ4n) is 11.5. The second kappa shape index (κ2) is 10.2. The van der Waals surface area contributed by atoms with E-state index >= 15 is 0 Å². The molecule has 8 atom stereocenters. The summed E-state index contributed by atoms with van der Waals surface area (Å²) in [4.78, 5) is 29.7. The van der Waals surface area contributed by atoms with Crippen LogP contribution >= 0.6 is 12.4 Å². The molecule has 11 heteroatoms. The van der Waals surface area contributed by atoms with E-state index in [-0.39, 0.29) is 49.3 Å². The topological polar surface area (TPSA) is 140 Å². The summed E-state index contributed by atoms with van der Waals surface area (Å²) >= 11 is 0. The molecule has 47 heavy (non-hydrogen) atoms. The van der Waals surface area contributed by atoms with Gasteiger partial charge in [0.2, 0.25) is 0 Å². The van der Waals surface area contributed by atoms with Crippen LogP contribution < -0.4 is 9.47 Å². The minimum atomic E-state index is -0.926. The Balaban J connectivity index is 0.000000135. The number of likely N-dealkylation sites (tertiary alicyclic amines) is 2. The van der Waals surface area contributed by atoms with Gasteiger partial charge < -0.3 is 39.7 Å². The van der Waals surface area contributed by atoms with Crippen LogP contribution in [-0.4, -0.2) is 104 Å². The molecule has 252 valence electrons. The fourth-order valence-corrected chi connectivity index (χ4v) is 11.5. The number of Topliss-reactive ketones (excluding diaryl/α,β-unsaturated/α-hetero) is 2. The Morgan fingerprint density at radius 1 is 0.702 bits per heavy atom. The highest BCUT2D eigenvalue weighted by Crippen LogP contribution is 2.65. The van der Waals surface area contributed by atoms with Gasteiger partial charge in [0.25, 0.3) is 0 Å². The molecule has 4 aliphatic heterocycles. The summed E-state index contributed by atoms with van der Waals surface area (Å²) in [7, 11) is 4.12. The van der Waals surface area contributed by atoms with Gasteiger partial charge in [-0.1, -0.05) is 24.3 Å². The number of ketones is 2. The van der Waals surface area contributed by atoms with Crippen molar-refractivity contribution < 1.29 is 39.5 Å². The molecule has 6 unspecified atom stereocenters. The summed E-state index contributed by atoms with van der Waals surface area (Å²) in [5, 5.41) is 42.8. The Hall–Kier alpha value is -2.57. The average molecular weight is 667 g/mol. The number of benzene rings is 2. The highest BCUT2D eigenvalue weighted by Gasteiger charge is 2.74. The van der Waals surface area contributed by atoms with E-state index in [1.165, 1.54) is 0 Å². The Labute approximate surface area is 280 Å². The van der Waals surface area contributed by atoms with Gasteiger partial charge >= 0.3 is 0 Å². The van der Waals surface area contributed by atoms with Crippen molar-refractivity contribution in [1.82, 2.24) is 9.80 Å². The van der Waals surface area contributed by atoms with Crippen LogP contribution in [0.5, 0.6) is 11.5 Å². The lowest BCUT2D eigenvalue weighted by Crippen LogP contribution is -2.76. The van der Waals surface area contributed by atoms with Crippen molar-refractivity contribution in [3.05, 3.63) is 57.6 Å². The third-order valence-electron chi connectivity index (χ3n) is 13.6. The Bertz CT molecular complexity index is 1590. The van der Waals surface area contributed by atoms with Crippen molar-refractivity contribution in [2.45, 2.75) is 111 Å². The van der Waals surface area contributed by atoms with Crippen LogP contribution in [0.25, 0.3) is 0 Å². The number of aliphatic hydroxyl groups is 4. The Kier molecular flexibility index (Phi) is 6.90. The second-order valence-electron chi connectivity index (χ2n) is 15.1. The van der Waals surface area contributed by atoms with Gasteiger partial charge in [-0.15, -0.1) is 12.4 Å². The average Bonchev–Trinajstić information content (AvgIpc) is 3.59. The number of carbonyl (C=O) groups is 2. The maximum atomic E-state index is 12.6. The zero-order valence-electron chi connectivity index (χ0n) is 26.8. The SMILES string of the molecule is CN1CCC23c4c5ccc(CO)c4OC2C(=O)CC[C@@]3(O)C1C5.CN1CCC23c4c5ccc(CO)c4OC2C(=O)CC[C@@]3(O)C1C5.Cl. The Morgan fingerprint density at radius 2 is 1.11 bits per heavy atom. The second-order valence-corrected chi connectivity index (χ2v) is 15.1. The van der Waals surface area contributed by atoms with Crippen molar-refractivity contribution >= 4 is 24.0 Å². The van der Waals surface area contributed by atoms with Crippen LogP contribution in [0.2, 0.25) is 0 Å². The molecule has 8 aliphatic rings. The molecule has 2 saturated heterocycles. The van der Waals surface area contributed by atoms with Crippen LogP contribution in [0, 0.1) is 0 Å². The van der Waals surface area contributed by atoms with Crippen molar-refractivity contribution in [2.24, 2.45) is 0 Å². The van der Waals surface area contributed by atoms with Crippen LogP contribution in [-0.2, 0) is 46.5 Å². The van der Waals surface area contributed by atoms with E-state index in [1.54, 1.807) is 0 Å². The highest BCUT2D eigenvalue weighted by molar-refractivity contribution is 5.90. The van der Waals surface area contributed by atoms with Crippen molar-refractivity contribution in [2.75, 3.05) is 27.2 Å². The highest BCUT2D eigenvalue weighted by atomic mass is 35.5.